The second-order valence-corrected chi connectivity index (χ2v) is 15.6. The summed E-state index contributed by atoms with van der Waals surface area (Å²) in [5.74, 6) is -0.111. The van der Waals surface area contributed by atoms with Crippen LogP contribution in [-0.2, 0) is 24.3 Å². The van der Waals surface area contributed by atoms with Gasteiger partial charge in [-0.3, -0.25) is 14.5 Å². The second kappa shape index (κ2) is 9.28. The molecule has 5 aliphatic rings. The number of amides is 2. The number of nitrogens with zero attached hydrogens (tertiary/aromatic N) is 3. The van der Waals surface area contributed by atoms with E-state index >= 15 is 0 Å². The van der Waals surface area contributed by atoms with Crippen molar-refractivity contribution in [2.24, 2.45) is 5.41 Å². The lowest BCUT2D eigenvalue weighted by Crippen LogP contribution is -2.58. The molecule has 2 amide bonds. The summed E-state index contributed by atoms with van der Waals surface area (Å²) in [7, 11) is -0.494. The molecule has 1 N–H and O–H groups in total. The van der Waals surface area contributed by atoms with Gasteiger partial charge in [-0.1, -0.05) is 26.0 Å². The molecule has 41 heavy (non-hydrogen) atoms. The molecule has 9 heteroatoms. The third-order valence-corrected chi connectivity index (χ3v) is 11.1. The molecule has 224 valence electrons. The molecular weight excluding hydrogens is 517 g/mol. The van der Waals surface area contributed by atoms with Crippen LogP contribution in [0.5, 0.6) is 0 Å². The number of likely N-dealkylation sites (tertiary alicyclic amines) is 2. The number of carbonyl (C=O) groups excluding carboxylic acids is 2. The van der Waals surface area contributed by atoms with Crippen LogP contribution in [0.2, 0.25) is 0 Å². The second-order valence-electron chi connectivity index (χ2n) is 15.6. The van der Waals surface area contributed by atoms with Gasteiger partial charge in [-0.05, 0) is 103 Å². The van der Waals surface area contributed by atoms with Crippen LogP contribution in [0.3, 0.4) is 0 Å². The molecule has 4 fully saturated rings. The first-order valence-electron chi connectivity index (χ1n) is 15.5. The predicted octanol–water partition coefficient (Wildman–Crippen LogP) is 3.23. The van der Waals surface area contributed by atoms with Crippen LogP contribution in [0, 0.1) is 5.41 Å². The van der Waals surface area contributed by atoms with Gasteiger partial charge in [-0.15, -0.1) is 0 Å². The number of carbonyl (C=O) groups is 2. The average molecular weight is 566 g/mol. The van der Waals surface area contributed by atoms with Crippen LogP contribution in [0.25, 0.3) is 0 Å². The Morgan fingerprint density at radius 3 is 2.10 bits per heavy atom. The van der Waals surface area contributed by atoms with Gasteiger partial charge in [0.15, 0.2) is 0 Å². The first-order chi connectivity index (χ1) is 18.9. The van der Waals surface area contributed by atoms with Crippen LogP contribution in [-0.4, -0.2) is 88.9 Å². The molecule has 0 bridgehead atoms. The summed E-state index contributed by atoms with van der Waals surface area (Å²) in [5.41, 5.74) is 0.369. The maximum atomic E-state index is 14.5. The van der Waals surface area contributed by atoms with E-state index in [9.17, 15) is 14.7 Å². The highest BCUT2D eigenvalue weighted by molar-refractivity contribution is 6.62. The molecule has 1 spiro atoms. The molecule has 1 aromatic carbocycles. The summed E-state index contributed by atoms with van der Waals surface area (Å²) in [5, 5.41) is 10.3. The summed E-state index contributed by atoms with van der Waals surface area (Å²) < 4.78 is 12.8. The van der Waals surface area contributed by atoms with Crippen molar-refractivity contribution < 1.29 is 24.0 Å². The number of aliphatic hydroxyl groups is 1. The number of hydrogen-bond donors (Lipinski definition) is 1. The SMILES string of the molecule is CC1(C)CCN(C2CC(N3C(=O)C4(CCN(C(=O)C(C)(C)O)CC4)c4ccc(B5OC(C)(C)C(C)(C)O5)cc43)C2)C1. The van der Waals surface area contributed by atoms with E-state index in [1.54, 1.807) is 4.90 Å². The molecule has 1 aliphatic carbocycles. The molecular formula is C32H48BN3O5. The molecule has 1 aromatic rings. The van der Waals surface area contributed by atoms with Gasteiger partial charge < -0.3 is 24.2 Å². The highest BCUT2D eigenvalue weighted by Gasteiger charge is 2.57. The van der Waals surface area contributed by atoms with E-state index in [0.29, 0.717) is 37.4 Å². The highest BCUT2D eigenvalue weighted by Crippen LogP contribution is 2.51. The summed E-state index contributed by atoms with van der Waals surface area (Å²) in [6.07, 6.45) is 4.32. The van der Waals surface area contributed by atoms with Crippen molar-refractivity contribution >= 4 is 30.1 Å². The zero-order chi connectivity index (χ0) is 29.8. The van der Waals surface area contributed by atoms with Gasteiger partial charge in [0.2, 0.25) is 5.91 Å². The van der Waals surface area contributed by atoms with E-state index in [1.807, 2.05) is 0 Å². The van der Waals surface area contributed by atoms with E-state index < -0.39 is 29.3 Å². The molecule has 4 heterocycles. The molecule has 0 atom stereocenters. The molecule has 1 saturated carbocycles. The first kappa shape index (κ1) is 29.2. The van der Waals surface area contributed by atoms with Crippen LogP contribution in [0.4, 0.5) is 5.69 Å². The minimum Gasteiger partial charge on any atom is -0.399 e. The Kier molecular flexibility index (Phi) is 6.60. The van der Waals surface area contributed by atoms with E-state index in [4.69, 9.17) is 9.31 Å². The lowest BCUT2D eigenvalue weighted by atomic mass is 9.71. The molecule has 6 rings (SSSR count). The minimum atomic E-state index is -1.42. The van der Waals surface area contributed by atoms with Gasteiger partial charge in [0.1, 0.15) is 5.60 Å². The van der Waals surface area contributed by atoms with Gasteiger partial charge in [0.25, 0.3) is 5.91 Å². The number of piperidine rings is 1. The van der Waals surface area contributed by atoms with Gasteiger partial charge in [-0.2, -0.15) is 0 Å². The predicted molar refractivity (Wildman–Crippen MR) is 160 cm³/mol. The summed E-state index contributed by atoms with van der Waals surface area (Å²) in [6.45, 7) is 19.2. The maximum Gasteiger partial charge on any atom is 0.494 e. The fourth-order valence-corrected chi connectivity index (χ4v) is 7.59. The van der Waals surface area contributed by atoms with Crippen molar-refractivity contribution in [1.29, 1.82) is 0 Å². The quantitative estimate of drug-likeness (QED) is 0.565. The van der Waals surface area contributed by atoms with Crippen molar-refractivity contribution in [2.45, 2.75) is 122 Å². The highest BCUT2D eigenvalue weighted by atomic mass is 16.7. The Balaban J connectivity index is 1.29. The fourth-order valence-electron chi connectivity index (χ4n) is 7.59. The number of fused-ring (bicyclic) bond motifs is 2. The number of anilines is 1. The minimum absolute atomic E-state index is 0.166. The Bertz CT molecular complexity index is 1220. The summed E-state index contributed by atoms with van der Waals surface area (Å²) in [6, 6.07) is 6.99. The molecule has 4 aliphatic heterocycles. The van der Waals surface area contributed by atoms with E-state index in [1.165, 1.54) is 20.3 Å². The number of hydrogen-bond acceptors (Lipinski definition) is 6. The molecule has 0 aromatic heterocycles. The van der Waals surface area contributed by atoms with E-state index in [-0.39, 0.29) is 17.9 Å². The monoisotopic (exact) mass is 565 g/mol. The Morgan fingerprint density at radius 1 is 0.951 bits per heavy atom. The third kappa shape index (κ3) is 4.66. The Morgan fingerprint density at radius 2 is 1.56 bits per heavy atom. The van der Waals surface area contributed by atoms with Crippen LogP contribution in [0.15, 0.2) is 18.2 Å². The number of benzene rings is 1. The first-order valence-corrected chi connectivity index (χ1v) is 15.5. The van der Waals surface area contributed by atoms with E-state index in [0.717, 1.165) is 42.6 Å². The number of rotatable bonds is 4. The van der Waals surface area contributed by atoms with E-state index in [2.05, 4.69) is 69.5 Å². The molecule has 8 nitrogen and oxygen atoms in total. The standard InChI is InChI=1S/C32H48BN3O5/c1-28(2)11-14-35(20-28)22-18-23(19-22)36-25-17-21(33-40-30(5,6)31(7,8)41-33)9-10-24(25)32(27(36)38)12-15-34(16-13-32)26(37)29(3,4)39/h9-10,17,22-23,39H,11-16,18-20H2,1-8H3. The van der Waals surface area contributed by atoms with Crippen LogP contribution >= 0.6 is 0 Å². The van der Waals surface area contributed by atoms with Crippen LogP contribution in [0.1, 0.15) is 93.1 Å². The zero-order valence-corrected chi connectivity index (χ0v) is 26.2. The van der Waals surface area contributed by atoms with Gasteiger partial charge in [-0.25, -0.2) is 0 Å². The zero-order valence-electron chi connectivity index (χ0n) is 26.2. The van der Waals surface area contributed by atoms with Gasteiger partial charge >= 0.3 is 7.12 Å². The smallest absolute Gasteiger partial charge is 0.399 e. The normalized spacial score (nSPS) is 30.2. The topological polar surface area (TPSA) is 82.6 Å². The Labute approximate surface area is 245 Å². The maximum absolute atomic E-state index is 14.5. The summed E-state index contributed by atoms with van der Waals surface area (Å²) >= 11 is 0. The average Bonchev–Trinajstić information content (AvgIpc) is 3.40. The fraction of sp³-hybridized carbons (Fsp3) is 0.750. The van der Waals surface area contributed by atoms with Gasteiger partial charge in [0.05, 0.1) is 16.6 Å². The van der Waals surface area contributed by atoms with Crippen LogP contribution < -0.4 is 10.4 Å². The Hall–Kier alpha value is -1.94. The largest absolute Gasteiger partial charge is 0.494 e. The van der Waals surface area contributed by atoms with Crippen molar-refractivity contribution in [3.63, 3.8) is 0 Å². The van der Waals surface area contributed by atoms with Crippen molar-refractivity contribution in [1.82, 2.24) is 9.80 Å². The van der Waals surface area contributed by atoms with Crippen molar-refractivity contribution in [2.75, 3.05) is 31.1 Å². The van der Waals surface area contributed by atoms with Crippen molar-refractivity contribution in [3.05, 3.63) is 23.8 Å². The lowest BCUT2D eigenvalue weighted by molar-refractivity contribution is -0.150. The molecule has 0 radical (unpaired) electrons. The third-order valence-electron chi connectivity index (χ3n) is 11.1. The summed E-state index contributed by atoms with van der Waals surface area (Å²) in [4.78, 5) is 33.8. The van der Waals surface area contributed by atoms with Gasteiger partial charge in [0, 0.05) is 37.4 Å². The lowest BCUT2D eigenvalue weighted by Gasteiger charge is -2.47. The van der Waals surface area contributed by atoms with Crippen molar-refractivity contribution in [3.8, 4) is 0 Å². The molecule has 3 saturated heterocycles. The molecule has 0 unspecified atom stereocenters.